The molecule has 1 aliphatic heterocycles. The average molecular weight is 401 g/mol. The summed E-state index contributed by atoms with van der Waals surface area (Å²) < 4.78 is 5.45. The number of hydrogen-bond acceptors (Lipinski definition) is 5. The summed E-state index contributed by atoms with van der Waals surface area (Å²) in [6, 6.07) is 12.9. The molecule has 3 heterocycles. The third-order valence-electron chi connectivity index (χ3n) is 4.61. The van der Waals surface area contributed by atoms with Crippen LogP contribution in [0.4, 0.5) is 5.69 Å². The molecule has 0 N–H and O–H groups in total. The first-order chi connectivity index (χ1) is 13.2. The summed E-state index contributed by atoms with van der Waals surface area (Å²) in [6.07, 6.45) is 0.677. The molecule has 0 aliphatic carbocycles. The summed E-state index contributed by atoms with van der Waals surface area (Å²) in [5.74, 6) is 0.989. The van der Waals surface area contributed by atoms with E-state index >= 15 is 0 Å². The highest BCUT2D eigenvalue weighted by molar-refractivity contribution is 7.12. The second kappa shape index (κ2) is 7.58. The summed E-state index contributed by atoms with van der Waals surface area (Å²) in [4.78, 5) is 28.1. The van der Waals surface area contributed by atoms with E-state index in [2.05, 4.69) is 4.90 Å². The van der Waals surface area contributed by atoms with Gasteiger partial charge in [0.1, 0.15) is 5.76 Å². The number of carbonyl (C=O) groups excluding carboxylic acids is 2. The highest BCUT2D eigenvalue weighted by Gasteiger charge is 2.24. The van der Waals surface area contributed by atoms with Crippen LogP contribution in [0.2, 0.25) is 5.02 Å². The minimum atomic E-state index is 0.0925. The molecule has 0 unspecified atom stereocenters. The van der Waals surface area contributed by atoms with Crippen LogP contribution in [0.25, 0.3) is 11.3 Å². The zero-order chi connectivity index (χ0) is 18.8. The van der Waals surface area contributed by atoms with E-state index in [0.29, 0.717) is 30.2 Å². The van der Waals surface area contributed by atoms with Crippen LogP contribution in [0.1, 0.15) is 20.2 Å². The summed E-state index contributed by atoms with van der Waals surface area (Å²) >= 11 is 7.97. The third kappa shape index (κ3) is 3.63. The standard InChI is InChI=1S/C20H17ClN2O3S/c21-16-12-14(18-6-4-15(13-24)26-18)3-5-17(16)22-7-9-23(10-8-22)20(25)19-2-1-11-27-19/h1-6,11-13H,7-10H2. The van der Waals surface area contributed by atoms with Crippen molar-refractivity contribution in [2.24, 2.45) is 0 Å². The molecule has 1 aliphatic rings. The molecule has 27 heavy (non-hydrogen) atoms. The summed E-state index contributed by atoms with van der Waals surface area (Å²) in [6.45, 7) is 2.78. The van der Waals surface area contributed by atoms with Crippen molar-refractivity contribution in [1.29, 1.82) is 0 Å². The highest BCUT2D eigenvalue weighted by Crippen LogP contribution is 2.32. The topological polar surface area (TPSA) is 53.8 Å². The Morgan fingerprint density at radius 1 is 1.11 bits per heavy atom. The van der Waals surface area contributed by atoms with E-state index < -0.39 is 0 Å². The highest BCUT2D eigenvalue weighted by atomic mass is 35.5. The molecule has 0 atom stereocenters. The average Bonchev–Trinajstić information content (AvgIpc) is 3.39. The summed E-state index contributed by atoms with van der Waals surface area (Å²) in [5, 5.41) is 2.54. The molecule has 1 saturated heterocycles. The fraction of sp³-hybridized carbons (Fsp3) is 0.200. The van der Waals surface area contributed by atoms with Crippen LogP contribution in [0.15, 0.2) is 52.3 Å². The van der Waals surface area contributed by atoms with Gasteiger partial charge in [0.05, 0.1) is 15.6 Å². The van der Waals surface area contributed by atoms with Gasteiger partial charge in [-0.3, -0.25) is 9.59 Å². The van der Waals surface area contributed by atoms with Crippen LogP contribution in [-0.4, -0.2) is 43.3 Å². The number of hydrogen-bond donors (Lipinski definition) is 0. The van der Waals surface area contributed by atoms with Crippen LogP contribution in [0, 0.1) is 0 Å². The van der Waals surface area contributed by atoms with E-state index in [4.69, 9.17) is 16.0 Å². The van der Waals surface area contributed by atoms with E-state index in [1.165, 1.54) is 11.3 Å². The Morgan fingerprint density at radius 2 is 1.93 bits per heavy atom. The molecular weight excluding hydrogens is 384 g/mol. The van der Waals surface area contributed by atoms with Gasteiger partial charge in [-0.05, 0) is 41.8 Å². The van der Waals surface area contributed by atoms with Gasteiger partial charge in [-0.15, -0.1) is 11.3 Å². The molecular formula is C20H17ClN2O3S. The largest absolute Gasteiger partial charge is 0.453 e. The Labute approximate surface area is 165 Å². The fourth-order valence-electron chi connectivity index (χ4n) is 3.19. The number of aldehydes is 1. The maximum absolute atomic E-state index is 12.5. The molecule has 3 aromatic rings. The molecule has 1 amide bonds. The number of thiophene rings is 1. The van der Waals surface area contributed by atoms with Crippen LogP contribution < -0.4 is 4.90 Å². The Balaban J connectivity index is 1.45. The summed E-state index contributed by atoms with van der Waals surface area (Å²) in [7, 11) is 0. The number of piperazine rings is 1. The zero-order valence-electron chi connectivity index (χ0n) is 14.4. The van der Waals surface area contributed by atoms with Gasteiger partial charge in [-0.1, -0.05) is 17.7 Å². The fourth-order valence-corrected chi connectivity index (χ4v) is 4.19. The molecule has 0 radical (unpaired) electrons. The van der Waals surface area contributed by atoms with E-state index in [1.54, 1.807) is 12.1 Å². The molecule has 0 bridgehead atoms. The first-order valence-electron chi connectivity index (χ1n) is 8.58. The quantitative estimate of drug-likeness (QED) is 0.608. The zero-order valence-corrected chi connectivity index (χ0v) is 16.0. The van der Waals surface area contributed by atoms with E-state index in [0.717, 1.165) is 29.2 Å². The molecule has 0 spiro atoms. The Bertz CT molecular complexity index is 960. The lowest BCUT2D eigenvalue weighted by molar-refractivity contribution is 0.0751. The normalized spacial score (nSPS) is 14.4. The van der Waals surface area contributed by atoms with Crippen molar-refractivity contribution in [3.63, 3.8) is 0 Å². The second-order valence-corrected chi connectivity index (χ2v) is 7.60. The maximum Gasteiger partial charge on any atom is 0.264 e. The number of nitrogens with zero attached hydrogens (tertiary/aromatic N) is 2. The van der Waals surface area contributed by atoms with Gasteiger partial charge in [0.25, 0.3) is 5.91 Å². The monoisotopic (exact) mass is 400 g/mol. The molecule has 138 valence electrons. The Morgan fingerprint density at radius 3 is 2.56 bits per heavy atom. The van der Waals surface area contributed by atoms with E-state index in [-0.39, 0.29) is 11.7 Å². The van der Waals surface area contributed by atoms with Gasteiger partial charge in [0, 0.05) is 31.7 Å². The first-order valence-corrected chi connectivity index (χ1v) is 9.84. The molecule has 2 aromatic heterocycles. The summed E-state index contributed by atoms with van der Waals surface area (Å²) in [5.41, 5.74) is 1.76. The second-order valence-electron chi connectivity index (χ2n) is 6.24. The lowest BCUT2D eigenvalue weighted by Crippen LogP contribution is -2.48. The number of halogens is 1. The van der Waals surface area contributed by atoms with Crippen molar-refractivity contribution < 1.29 is 14.0 Å². The number of anilines is 1. The van der Waals surface area contributed by atoms with Crippen LogP contribution in [0.5, 0.6) is 0 Å². The molecule has 7 heteroatoms. The smallest absolute Gasteiger partial charge is 0.264 e. The predicted molar refractivity (Wildman–Crippen MR) is 107 cm³/mol. The number of amides is 1. The number of furan rings is 1. The maximum atomic E-state index is 12.5. The number of benzene rings is 1. The molecule has 0 saturated carbocycles. The minimum Gasteiger partial charge on any atom is -0.453 e. The van der Waals surface area contributed by atoms with Gasteiger partial charge in [-0.25, -0.2) is 0 Å². The van der Waals surface area contributed by atoms with E-state index in [9.17, 15) is 9.59 Å². The Kier molecular flexibility index (Phi) is 5.01. The third-order valence-corrected chi connectivity index (χ3v) is 5.78. The lowest BCUT2D eigenvalue weighted by Gasteiger charge is -2.36. The van der Waals surface area contributed by atoms with Crippen LogP contribution in [0.3, 0.4) is 0 Å². The van der Waals surface area contributed by atoms with Crippen molar-refractivity contribution in [2.75, 3.05) is 31.1 Å². The molecule has 4 rings (SSSR count). The van der Waals surface area contributed by atoms with Crippen LogP contribution >= 0.6 is 22.9 Å². The van der Waals surface area contributed by atoms with Crippen molar-refractivity contribution in [3.05, 3.63) is 63.5 Å². The molecule has 1 aromatic carbocycles. The lowest BCUT2D eigenvalue weighted by atomic mass is 10.1. The molecule has 1 fully saturated rings. The van der Waals surface area contributed by atoms with Crippen molar-refractivity contribution in [3.8, 4) is 11.3 Å². The van der Waals surface area contributed by atoms with Gasteiger partial charge >= 0.3 is 0 Å². The van der Waals surface area contributed by atoms with Crippen molar-refractivity contribution in [2.45, 2.75) is 0 Å². The first kappa shape index (κ1) is 17.8. The van der Waals surface area contributed by atoms with Crippen molar-refractivity contribution >= 4 is 40.8 Å². The number of rotatable bonds is 4. The van der Waals surface area contributed by atoms with Gasteiger partial charge < -0.3 is 14.2 Å². The number of carbonyl (C=O) groups is 2. The van der Waals surface area contributed by atoms with Crippen LogP contribution in [-0.2, 0) is 0 Å². The van der Waals surface area contributed by atoms with Crippen molar-refractivity contribution in [1.82, 2.24) is 4.90 Å². The minimum absolute atomic E-state index is 0.0925. The van der Waals surface area contributed by atoms with E-state index in [1.807, 2.05) is 40.6 Å². The van der Waals surface area contributed by atoms with Gasteiger partial charge in [0.15, 0.2) is 12.0 Å². The predicted octanol–water partition coefficient (Wildman–Crippen LogP) is 4.44. The molecule has 5 nitrogen and oxygen atoms in total. The Hall–Kier alpha value is -2.57. The van der Waals surface area contributed by atoms with Gasteiger partial charge in [-0.2, -0.15) is 0 Å². The SMILES string of the molecule is O=Cc1ccc(-c2ccc(N3CCN(C(=O)c4cccs4)CC3)c(Cl)c2)o1. The van der Waals surface area contributed by atoms with Gasteiger partial charge in [0.2, 0.25) is 0 Å².